The van der Waals surface area contributed by atoms with Crippen molar-refractivity contribution in [2.45, 2.75) is 65.2 Å². The van der Waals surface area contributed by atoms with Crippen molar-refractivity contribution in [3.63, 3.8) is 0 Å². The van der Waals surface area contributed by atoms with Gasteiger partial charge in [0, 0.05) is 0 Å². The molecule has 4 rings (SSSR count). The standard InChI is InChI=1S/C24H26N2S10/c1-3-5-7-9-11-27-17-18(28-12-10-8-6-4-2)32-21(31-17)22-35-23-24(36-22)34-20(33-23)19-29-15(13-25)16(14-26)30-19/h3-12H2,1-2H3. The molecule has 36 heavy (non-hydrogen) atoms. The van der Waals surface area contributed by atoms with E-state index in [4.69, 9.17) is 0 Å². The molecular weight excluding hydrogens is 637 g/mol. The Labute approximate surface area is 258 Å². The number of unbranched alkanes of at least 4 members (excludes halogenated alkanes) is 6. The third-order valence-electron chi connectivity index (χ3n) is 5.04. The number of nitriles is 2. The largest absolute Gasteiger partial charge is 0.192 e. The Morgan fingerprint density at radius 3 is 1.22 bits per heavy atom. The van der Waals surface area contributed by atoms with Gasteiger partial charge >= 0.3 is 0 Å². The summed E-state index contributed by atoms with van der Waals surface area (Å²) in [4.78, 5) is 1.07. The summed E-state index contributed by atoms with van der Waals surface area (Å²) in [7, 11) is 0. The monoisotopic (exact) mass is 662 g/mol. The van der Waals surface area contributed by atoms with Crippen molar-refractivity contribution in [3.05, 3.63) is 43.7 Å². The van der Waals surface area contributed by atoms with Crippen LogP contribution in [0, 0.1) is 22.7 Å². The van der Waals surface area contributed by atoms with Crippen molar-refractivity contribution >= 4 is 118 Å². The van der Waals surface area contributed by atoms with Gasteiger partial charge in [0.2, 0.25) is 0 Å². The van der Waals surface area contributed by atoms with Crippen LogP contribution in [0.15, 0.2) is 43.7 Å². The average Bonchev–Trinajstić information content (AvgIpc) is 3.65. The van der Waals surface area contributed by atoms with Crippen LogP contribution < -0.4 is 0 Å². The van der Waals surface area contributed by atoms with Crippen LogP contribution >= 0.6 is 118 Å². The first-order valence-corrected chi connectivity index (χ1v) is 20.4. The lowest BCUT2D eigenvalue weighted by Gasteiger charge is -2.07. The van der Waals surface area contributed by atoms with Crippen molar-refractivity contribution in [1.82, 2.24) is 0 Å². The molecule has 0 atom stereocenters. The molecule has 2 nitrogen and oxygen atoms in total. The SMILES string of the molecule is CCCCCCSC1=C(SCCCCCC)SC(=C2SC3=C(SC(=C4SC(C#N)=C(C#N)S4)S3)S2)S1. The third kappa shape index (κ3) is 8.11. The lowest BCUT2D eigenvalue weighted by atomic mass is 10.2. The summed E-state index contributed by atoms with van der Waals surface area (Å²) < 4.78 is 10.9. The topological polar surface area (TPSA) is 47.6 Å². The second kappa shape index (κ2) is 15.8. The normalized spacial score (nSPS) is 19.8. The number of hydrogen-bond acceptors (Lipinski definition) is 12. The first-order valence-electron chi connectivity index (χ1n) is 11.9. The molecule has 192 valence electrons. The van der Waals surface area contributed by atoms with Gasteiger partial charge in [-0.05, 0) is 24.3 Å². The number of thioether (sulfide) groups is 10. The maximum Gasteiger partial charge on any atom is 0.115 e. The maximum absolute atomic E-state index is 9.31. The number of allylic oxidation sites excluding steroid dienone is 2. The fourth-order valence-electron chi connectivity index (χ4n) is 3.20. The molecule has 0 saturated carbocycles. The minimum absolute atomic E-state index is 0.533. The zero-order valence-electron chi connectivity index (χ0n) is 20.0. The second-order valence-electron chi connectivity index (χ2n) is 7.82. The Balaban J connectivity index is 1.35. The highest BCUT2D eigenvalue weighted by molar-refractivity contribution is 8.50. The highest BCUT2D eigenvalue weighted by atomic mass is 32.3. The molecule has 0 spiro atoms. The lowest BCUT2D eigenvalue weighted by Crippen LogP contribution is -1.83. The van der Waals surface area contributed by atoms with Gasteiger partial charge in [0.15, 0.2) is 0 Å². The summed E-state index contributed by atoms with van der Waals surface area (Å²) in [6.07, 6.45) is 10.6. The van der Waals surface area contributed by atoms with Crippen LogP contribution in [0.4, 0.5) is 0 Å². The molecule has 0 amide bonds. The summed E-state index contributed by atoms with van der Waals surface area (Å²) in [6, 6.07) is 4.34. The van der Waals surface area contributed by atoms with Crippen LogP contribution in [-0.4, -0.2) is 11.5 Å². The van der Waals surface area contributed by atoms with Crippen LogP contribution in [0.3, 0.4) is 0 Å². The van der Waals surface area contributed by atoms with E-state index < -0.39 is 0 Å². The van der Waals surface area contributed by atoms with Crippen molar-refractivity contribution in [2.75, 3.05) is 11.5 Å². The van der Waals surface area contributed by atoms with E-state index in [9.17, 15) is 10.5 Å². The fraction of sp³-hybridized carbons (Fsp3) is 0.500. The molecule has 0 N–H and O–H groups in total. The maximum atomic E-state index is 9.31. The summed E-state index contributed by atoms with van der Waals surface area (Å²) in [6.45, 7) is 4.55. The smallest absolute Gasteiger partial charge is 0.115 e. The zero-order valence-corrected chi connectivity index (χ0v) is 28.2. The summed E-state index contributed by atoms with van der Waals surface area (Å²) >= 11 is 18.5. The van der Waals surface area contributed by atoms with E-state index in [1.54, 1.807) is 0 Å². The third-order valence-corrected chi connectivity index (χ3v) is 19.8. The molecule has 12 heteroatoms. The van der Waals surface area contributed by atoms with E-state index in [0.29, 0.717) is 9.81 Å². The Morgan fingerprint density at radius 2 is 0.861 bits per heavy atom. The van der Waals surface area contributed by atoms with Gasteiger partial charge in [-0.25, -0.2) is 0 Å². The van der Waals surface area contributed by atoms with Gasteiger partial charge < -0.3 is 0 Å². The lowest BCUT2D eigenvalue weighted by molar-refractivity contribution is 0.707. The van der Waals surface area contributed by atoms with Crippen molar-refractivity contribution in [1.29, 1.82) is 10.5 Å². The van der Waals surface area contributed by atoms with Crippen molar-refractivity contribution in [3.8, 4) is 12.1 Å². The molecule has 0 aromatic heterocycles. The Bertz CT molecular complexity index is 1020. The minimum atomic E-state index is 0.533. The van der Waals surface area contributed by atoms with E-state index in [2.05, 4.69) is 49.5 Å². The van der Waals surface area contributed by atoms with E-state index in [0.717, 1.165) is 4.24 Å². The molecule has 0 bridgehead atoms. The Morgan fingerprint density at radius 1 is 0.500 bits per heavy atom. The number of rotatable bonds is 12. The fourth-order valence-corrected chi connectivity index (χ4v) is 18.3. The van der Waals surface area contributed by atoms with Gasteiger partial charge in [-0.1, -0.05) is 146 Å². The van der Waals surface area contributed by atoms with Crippen LogP contribution in [0.25, 0.3) is 0 Å². The van der Waals surface area contributed by atoms with Gasteiger partial charge in [-0.15, -0.1) is 23.5 Å². The van der Waals surface area contributed by atoms with Crippen molar-refractivity contribution < 1.29 is 0 Å². The van der Waals surface area contributed by atoms with Crippen molar-refractivity contribution in [2.24, 2.45) is 0 Å². The highest BCUT2D eigenvalue weighted by Gasteiger charge is 2.37. The molecule has 4 aliphatic rings. The minimum Gasteiger partial charge on any atom is -0.192 e. The molecule has 4 aliphatic heterocycles. The average molecular weight is 663 g/mol. The number of nitrogens with zero attached hydrogens (tertiary/aromatic N) is 2. The predicted molar refractivity (Wildman–Crippen MR) is 180 cm³/mol. The van der Waals surface area contributed by atoms with Gasteiger partial charge in [0.25, 0.3) is 0 Å². The molecule has 0 saturated heterocycles. The second-order valence-corrected chi connectivity index (χ2v) is 20.3. The molecule has 0 aliphatic carbocycles. The van der Waals surface area contributed by atoms with E-state index in [-0.39, 0.29) is 0 Å². The molecule has 0 aromatic rings. The van der Waals surface area contributed by atoms with Crippen LogP contribution in [0.1, 0.15) is 65.2 Å². The van der Waals surface area contributed by atoms with E-state index >= 15 is 0 Å². The van der Waals surface area contributed by atoms with Gasteiger partial charge in [0.1, 0.15) is 21.9 Å². The summed E-state index contributed by atoms with van der Waals surface area (Å²) in [5.74, 6) is 2.45. The first kappa shape index (κ1) is 30.1. The van der Waals surface area contributed by atoms with Gasteiger partial charge in [-0.3, -0.25) is 0 Å². The van der Waals surface area contributed by atoms with Crippen LogP contribution in [-0.2, 0) is 0 Å². The number of hydrogen-bond donors (Lipinski definition) is 0. The molecule has 4 heterocycles. The summed E-state index contributed by atoms with van der Waals surface area (Å²) in [5.41, 5.74) is 0. The molecule has 0 unspecified atom stereocenters. The predicted octanol–water partition coefficient (Wildman–Crippen LogP) is 12.3. The van der Waals surface area contributed by atoms with E-state index in [1.807, 2.05) is 70.6 Å². The van der Waals surface area contributed by atoms with Gasteiger partial charge in [-0.2, -0.15) is 10.5 Å². The molecule has 0 aromatic carbocycles. The van der Waals surface area contributed by atoms with E-state index in [1.165, 1.54) is 116 Å². The Kier molecular flexibility index (Phi) is 13.3. The van der Waals surface area contributed by atoms with Crippen LogP contribution in [0.5, 0.6) is 0 Å². The van der Waals surface area contributed by atoms with Gasteiger partial charge in [0.05, 0.1) is 33.9 Å². The zero-order chi connectivity index (χ0) is 25.3. The van der Waals surface area contributed by atoms with Crippen LogP contribution in [0.2, 0.25) is 0 Å². The Hall–Kier alpha value is 1.18. The quantitative estimate of drug-likeness (QED) is 0.187. The molecular formula is C24H26N2S10. The highest BCUT2D eigenvalue weighted by Crippen LogP contribution is 2.72. The summed E-state index contributed by atoms with van der Waals surface area (Å²) in [5, 5.41) is 18.6. The first-order chi connectivity index (χ1) is 17.7. The molecule has 0 radical (unpaired) electrons. The molecule has 0 fully saturated rings.